The van der Waals surface area contributed by atoms with E-state index in [0.717, 1.165) is 88.8 Å². The number of allylic oxidation sites excluding steroid dienone is 1. The zero-order chi connectivity index (χ0) is 29.2. The summed E-state index contributed by atoms with van der Waals surface area (Å²) in [7, 11) is 0. The van der Waals surface area contributed by atoms with Crippen LogP contribution in [0.2, 0.25) is 0 Å². The molecule has 0 aromatic heterocycles. The van der Waals surface area contributed by atoms with Gasteiger partial charge in [0.2, 0.25) is 0 Å². The normalized spacial score (nSPS) is 23.4. The van der Waals surface area contributed by atoms with E-state index in [1.807, 2.05) is 6.08 Å². The third-order valence-corrected chi connectivity index (χ3v) is 7.68. The van der Waals surface area contributed by atoms with Crippen LogP contribution in [-0.2, 0) is 15.6 Å². The number of hydrogen-bond donors (Lipinski definition) is 0. The number of hydrogen-bond acceptors (Lipinski definition) is 4. The molecule has 1 heterocycles. The van der Waals surface area contributed by atoms with E-state index in [1.165, 1.54) is 18.2 Å². The predicted molar refractivity (Wildman–Crippen MR) is 146 cm³/mol. The van der Waals surface area contributed by atoms with Gasteiger partial charge >= 0.3 is 12.2 Å². The molecular weight excluding hydrogens is 543 g/mol. The highest BCUT2D eigenvalue weighted by atomic mass is 19.3. The van der Waals surface area contributed by atoms with Crippen molar-refractivity contribution < 1.29 is 40.9 Å². The first-order valence-electron chi connectivity index (χ1n) is 14.3. The van der Waals surface area contributed by atoms with Crippen LogP contribution in [-0.4, -0.2) is 19.5 Å². The Morgan fingerprint density at radius 1 is 0.927 bits per heavy atom. The molecule has 0 amide bonds. The average molecular weight is 581 g/mol. The van der Waals surface area contributed by atoms with Crippen LogP contribution in [0.3, 0.4) is 0 Å². The Morgan fingerprint density at radius 3 is 2.24 bits per heavy atom. The number of halogens is 5. The minimum Gasteiger partial charge on any atom is -0.459 e. The van der Waals surface area contributed by atoms with E-state index in [-0.39, 0.29) is 24.1 Å². The molecule has 0 radical (unpaired) electrons. The number of benzene rings is 2. The van der Waals surface area contributed by atoms with Gasteiger partial charge in [0.05, 0.1) is 18.8 Å². The van der Waals surface area contributed by atoms with Crippen LogP contribution in [0, 0.1) is 23.6 Å². The van der Waals surface area contributed by atoms with Gasteiger partial charge in [-0.15, -0.1) is 0 Å². The Bertz CT molecular complexity index is 1150. The Balaban J connectivity index is 1.21. The lowest BCUT2D eigenvalue weighted by molar-refractivity contribution is -0.230. The summed E-state index contributed by atoms with van der Waals surface area (Å²) in [6.07, 6.45) is 6.43. The van der Waals surface area contributed by atoms with E-state index in [2.05, 4.69) is 16.4 Å². The maximum absolute atomic E-state index is 14.7. The summed E-state index contributed by atoms with van der Waals surface area (Å²) in [5, 5.41) is 0. The van der Waals surface area contributed by atoms with E-state index in [1.54, 1.807) is 6.08 Å². The highest BCUT2D eigenvalue weighted by Gasteiger charge is 2.37. The van der Waals surface area contributed by atoms with Crippen molar-refractivity contribution in [2.24, 2.45) is 17.8 Å². The summed E-state index contributed by atoms with van der Waals surface area (Å²) < 4.78 is 89.5. The second kappa shape index (κ2) is 14.8. The second-order valence-corrected chi connectivity index (χ2v) is 10.8. The van der Waals surface area contributed by atoms with Crippen LogP contribution in [0.4, 0.5) is 22.0 Å². The molecule has 0 unspecified atom stereocenters. The maximum Gasteiger partial charge on any atom is 0.429 e. The van der Waals surface area contributed by atoms with Gasteiger partial charge < -0.3 is 18.9 Å². The number of ether oxygens (including phenoxy) is 4. The van der Waals surface area contributed by atoms with Gasteiger partial charge in [-0.05, 0) is 92.8 Å². The molecule has 1 saturated heterocycles. The molecule has 4 rings (SSSR count). The summed E-state index contributed by atoms with van der Waals surface area (Å²) in [4.78, 5) is 0. The van der Waals surface area contributed by atoms with E-state index >= 15 is 0 Å². The van der Waals surface area contributed by atoms with Crippen LogP contribution < -0.4 is 9.47 Å². The fourth-order valence-electron chi connectivity index (χ4n) is 5.48. The van der Waals surface area contributed by atoms with Crippen molar-refractivity contribution in [3.8, 4) is 11.5 Å². The maximum atomic E-state index is 14.7. The second-order valence-electron chi connectivity index (χ2n) is 10.8. The van der Waals surface area contributed by atoms with Crippen LogP contribution in [0.25, 0.3) is 6.08 Å². The molecular formula is C32H37F5O4. The van der Waals surface area contributed by atoms with Crippen molar-refractivity contribution in [2.45, 2.75) is 70.7 Å². The molecule has 1 aliphatic heterocycles. The standard InChI is InChI=1S/C32H37F5O4/c1-2-5-24-19-39-31(40-20-24)25-11-8-22(9-12-25)6-3-4-7-23-10-17-28(29(33)18-23)32(36,37)41-27-15-13-26(14-16-27)38-21-30(34)35/h4,7,10,13-18,21-22,24-25,31H,2-3,5-6,8-9,11-12,19-20H2,1H3/b7-4+. The fourth-order valence-corrected chi connectivity index (χ4v) is 5.48. The molecule has 0 spiro atoms. The zero-order valence-electron chi connectivity index (χ0n) is 23.2. The van der Waals surface area contributed by atoms with Crippen LogP contribution in [0.1, 0.15) is 69.4 Å². The topological polar surface area (TPSA) is 36.9 Å². The van der Waals surface area contributed by atoms with Gasteiger partial charge in [0.1, 0.15) is 17.3 Å². The molecule has 4 nitrogen and oxygen atoms in total. The molecule has 224 valence electrons. The summed E-state index contributed by atoms with van der Waals surface area (Å²) in [5.41, 5.74) is -0.422. The van der Waals surface area contributed by atoms with Crippen molar-refractivity contribution in [1.82, 2.24) is 0 Å². The molecule has 0 bridgehead atoms. The van der Waals surface area contributed by atoms with Gasteiger partial charge in [-0.3, -0.25) is 0 Å². The quantitative estimate of drug-likeness (QED) is 0.185. The summed E-state index contributed by atoms with van der Waals surface area (Å²) >= 11 is 0. The fraction of sp³-hybridized carbons (Fsp3) is 0.500. The SMILES string of the molecule is CCCC1COC(C2CCC(CC/C=C/c3ccc(C(F)(F)Oc4ccc(OC=C(F)F)cc4)c(F)c3)CC2)OC1. The molecule has 9 heteroatoms. The molecule has 41 heavy (non-hydrogen) atoms. The number of rotatable bonds is 12. The van der Waals surface area contributed by atoms with E-state index in [4.69, 9.17) is 9.47 Å². The molecule has 1 aliphatic carbocycles. The molecule has 0 atom stereocenters. The molecule has 1 saturated carbocycles. The first-order chi connectivity index (χ1) is 19.7. The van der Waals surface area contributed by atoms with Gasteiger partial charge in [-0.1, -0.05) is 31.6 Å². The minimum atomic E-state index is -3.94. The Kier molecular flexibility index (Phi) is 11.2. The first kappa shape index (κ1) is 31.0. The summed E-state index contributed by atoms with van der Waals surface area (Å²) in [6, 6.07) is 8.08. The van der Waals surface area contributed by atoms with Crippen molar-refractivity contribution in [3.05, 3.63) is 77.8 Å². The van der Waals surface area contributed by atoms with E-state index < -0.39 is 23.6 Å². The van der Waals surface area contributed by atoms with Gasteiger partial charge in [-0.25, -0.2) is 4.39 Å². The molecule has 2 aromatic rings. The Hall–Kier alpha value is -2.91. The molecule has 2 fully saturated rings. The largest absolute Gasteiger partial charge is 0.459 e. The van der Waals surface area contributed by atoms with Crippen molar-refractivity contribution >= 4 is 6.08 Å². The third kappa shape index (κ3) is 9.30. The Labute approximate surface area is 238 Å². The van der Waals surface area contributed by atoms with Gasteiger partial charge in [0, 0.05) is 11.8 Å². The number of alkyl halides is 2. The van der Waals surface area contributed by atoms with Crippen LogP contribution >= 0.6 is 0 Å². The summed E-state index contributed by atoms with van der Waals surface area (Å²) in [6.45, 7) is 3.77. The molecule has 0 N–H and O–H groups in total. The lowest BCUT2D eigenvalue weighted by Gasteiger charge is -2.37. The highest BCUT2D eigenvalue weighted by Crippen LogP contribution is 2.37. The average Bonchev–Trinajstić information content (AvgIpc) is 2.95. The third-order valence-electron chi connectivity index (χ3n) is 7.68. The van der Waals surface area contributed by atoms with E-state index in [9.17, 15) is 22.0 Å². The van der Waals surface area contributed by atoms with E-state index in [0.29, 0.717) is 23.3 Å². The Morgan fingerprint density at radius 2 is 1.61 bits per heavy atom. The molecule has 2 aromatic carbocycles. The van der Waals surface area contributed by atoms with Crippen LogP contribution in [0.15, 0.2) is 60.9 Å². The van der Waals surface area contributed by atoms with Crippen molar-refractivity contribution in [3.63, 3.8) is 0 Å². The van der Waals surface area contributed by atoms with Crippen molar-refractivity contribution in [1.29, 1.82) is 0 Å². The molecule has 2 aliphatic rings. The first-order valence-corrected chi connectivity index (χ1v) is 14.3. The predicted octanol–water partition coefficient (Wildman–Crippen LogP) is 9.46. The van der Waals surface area contributed by atoms with Gasteiger partial charge in [0.15, 0.2) is 12.6 Å². The lowest BCUT2D eigenvalue weighted by atomic mass is 9.79. The smallest absolute Gasteiger partial charge is 0.429 e. The summed E-state index contributed by atoms with van der Waals surface area (Å²) in [5.74, 6) is 0.228. The van der Waals surface area contributed by atoms with Crippen molar-refractivity contribution in [2.75, 3.05) is 13.2 Å². The highest BCUT2D eigenvalue weighted by molar-refractivity contribution is 5.50. The lowest BCUT2D eigenvalue weighted by Crippen LogP contribution is -2.38. The monoisotopic (exact) mass is 580 g/mol. The van der Waals surface area contributed by atoms with Crippen LogP contribution in [0.5, 0.6) is 11.5 Å². The minimum absolute atomic E-state index is 0.00700. The van der Waals surface area contributed by atoms with Gasteiger partial charge in [-0.2, -0.15) is 17.6 Å². The van der Waals surface area contributed by atoms with Gasteiger partial charge in [0.25, 0.3) is 0 Å². The zero-order valence-corrected chi connectivity index (χ0v) is 23.2.